The van der Waals surface area contributed by atoms with Gasteiger partial charge in [-0.15, -0.1) is 0 Å². The molecule has 2 N–H and O–H groups in total. The Morgan fingerprint density at radius 3 is 2.52 bits per heavy atom. The summed E-state index contributed by atoms with van der Waals surface area (Å²) in [7, 11) is 0. The first-order chi connectivity index (χ1) is 9.88. The summed E-state index contributed by atoms with van der Waals surface area (Å²) in [6.45, 7) is 8.04. The predicted molar refractivity (Wildman–Crippen MR) is 80.1 cm³/mol. The summed E-state index contributed by atoms with van der Waals surface area (Å²) in [5.41, 5.74) is 4.78. The van der Waals surface area contributed by atoms with Crippen LogP contribution in [0.15, 0.2) is 12.1 Å². The SMILES string of the molecule is Cc1cc(C)c(CN2CCNC(=O)C2CC(=O)O)c(C)c1. The molecule has 21 heavy (non-hydrogen) atoms. The fourth-order valence-electron chi connectivity index (χ4n) is 3.00. The van der Waals surface area contributed by atoms with Crippen molar-refractivity contribution in [2.24, 2.45) is 0 Å². The van der Waals surface area contributed by atoms with E-state index < -0.39 is 12.0 Å². The highest BCUT2D eigenvalue weighted by molar-refractivity contribution is 5.86. The minimum atomic E-state index is -0.945. The standard InChI is InChI=1S/C16H22N2O3/c1-10-6-11(2)13(12(3)7-10)9-18-5-4-17-16(21)14(18)8-15(19)20/h6-7,14H,4-5,8-9H2,1-3H3,(H,17,21)(H,19,20). The highest BCUT2D eigenvalue weighted by atomic mass is 16.4. The lowest BCUT2D eigenvalue weighted by molar-refractivity contribution is -0.143. The summed E-state index contributed by atoms with van der Waals surface area (Å²) in [5.74, 6) is -1.13. The molecule has 0 bridgehead atoms. The van der Waals surface area contributed by atoms with E-state index in [0.717, 1.165) is 0 Å². The molecule has 114 valence electrons. The van der Waals surface area contributed by atoms with Gasteiger partial charge >= 0.3 is 5.97 Å². The van der Waals surface area contributed by atoms with Crippen molar-refractivity contribution in [3.8, 4) is 0 Å². The second kappa shape index (κ2) is 6.26. The van der Waals surface area contributed by atoms with Crippen LogP contribution in [0.1, 0.15) is 28.7 Å². The van der Waals surface area contributed by atoms with Gasteiger partial charge in [0, 0.05) is 19.6 Å². The van der Waals surface area contributed by atoms with Crippen LogP contribution >= 0.6 is 0 Å². The molecule has 5 nitrogen and oxygen atoms in total. The zero-order valence-electron chi connectivity index (χ0n) is 12.8. The number of piperazine rings is 1. The van der Waals surface area contributed by atoms with Crippen molar-refractivity contribution in [1.29, 1.82) is 0 Å². The van der Waals surface area contributed by atoms with Crippen molar-refractivity contribution < 1.29 is 14.7 Å². The molecule has 1 saturated heterocycles. The van der Waals surface area contributed by atoms with Gasteiger partial charge in [-0.2, -0.15) is 0 Å². The summed E-state index contributed by atoms with van der Waals surface area (Å²) in [4.78, 5) is 24.9. The highest BCUT2D eigenvalue weighted by Crippen LogP contribution is 2.21. The smallest absolute Gasteiger partial charge is 0.305 e. The number of nitrogens with zero attached hydrogens (tertiary/aromatic N) is 1. The maximum Gasteiger partial charge on any atom is 0.305 e. The molecule has 0 saturated carbocycles. The predicted octanol–water partition coefficient (Wildman–Crippen LogP) is 1.39. The fourth-order valence-corrected chi connectivity index (χ4v) is 3.00. The third kappa shape index (κ3) is 3.61. The number of nitrogens with one attached hydrogen (secondary N) is 1. The van der Waals surface area contributed by atoms with Gasteiger partial charge in [0.05, 0.1) is 6.42 Å². The molecule has 1 fully saturated rings. The van der Waals surface area contributed by atoms with Gasteiger partial charge in [0.15, 0.2) is 0 Å². The van der Waals surface area contributed by atoms with Crippen molar-refractivity contribution in [3.63, 3.8) is 0 Å². The molecular weight excluding hydrogens is 268 g/mol. The molecule has 0 aromatic heterocycles. The number of carbonyl (C=O) groups excluding carboxylic acids is 1. The largest absolute Gasteiger partial charge is 0.481 e. The van der Waals surface area contributed by atoms with Crippen molar-refractivity contribution >= 4 is 11.9 Å². The Kier molecular flexibility index (Phi) is 4.63. The van der Waals surface area contributed by atoms with Crippen LogP contribution in [0.2, 0.25) is 0 Å². The number of rotatable bonds is 4. The lowest BCUT2D eigenvalue weighted by Gasteiger charge is -2.35. The van der Waals surface area contributed by atoms with E-state index in [2.05, 4.69) is 38.2 Å². The van der Waals surface area contributed by atoms with Gasteiger partial charge in [-0.1, -0.05) is 17.7 Å². The highest BCUT2D eigenvalue weighted by Gasteiger charge is 2.31. The van der Waals surface area contributed by atoms with E-state index in [4.69, 9.17) is 5.11 Å². The molecule has 0 aliphatic carbocycles. The topological polar surface area (TPSA) is 69.6 Å². The van der Waals surface area contributed by atoms with Gasteiger partial charge < -0.3 is 10.4 Å². The number of carbonyl (C=O) groups is 2. The van der Waals surface area contributed by atoms with Gasteiger partial charge in [0.2, 0.25) is 5.91 Å². The van der Waals surface area contributed by atoms with Crippen LogP contribution in [-0.2, 0) is 16.1 Å². The van der Waals surface area contributed by atoms with E-state index in [0.29, 0.717) is 19.6 Å². The number of amides is 1. The zero-order chi connectivity index (χ0) is 15.6. The van der Waals surface area contributed by atoms with Crippen molar-refractivity contribution in [2.75, 3.05) is 13.1 Å². The second-order valence-electron chi connectivity index (χ2n) is 5.75. The summed E-state index contributed by atoms with van der Waals surface area (Å²) in [5, 5.41) is 11.8. The monoisotopic (exact) mass is 290 g/mol. The van der Waals surface area contributed by atoms with Crippen molar-refractivity contribution in [3.05, 3.63) is 34.4 Å². The Labute approximate surface area is 125 Å². The van der Waals surface area contributed by atoms with Crippen molar-refractivity contribution in [1.82, 2.24) is 10.2 Å². The van der Waals surface area contributed by atoms with E-state index in [1.165, 1.54) is 22.3 Å². The van der Waals surface area contributed by atoms with Gasteiger partial charge in [0.25, 0.3) is 0 Å². The molecule has 0 spiro atoms. The van der Waals surface area contributed by atoms with Gasteiger partial charge in [-0.3, -0.25) is 14.5 Å². The maximum atomic E-state index is 11.9. The van der Waals surface area contributed by atoms with E-state index in [9.17, 15) is 9.59 Å². The average molecular weight is 290 g/mol. The Bertz CT molecular complexity index is 546. The first-order valence-electron chi connectivity index (χ1n) is 7.18. The molecule has 2 rings (SSSR count). The molecule has 1 aliphatic heterocycles. The van der Waals surface area contributed by atoms with Crippen LogP contribution in [0.25, 0.3) is 0 Å². The van der Waals surface area contributed by atoms with E-state index in [1.807, 2.05) is 4.90 Å². The average Bonchev–Trinajstić information content (AvgIpc) is 2.37. The van der Waals surface area contributed by atoms with Crippen LogP contribution in [0.3, 0.4) is 0 Å². The summed E-state index contributed by atoms with van der Waals surface area (Å²) in [6.07, 6.45) is -0.157. The number of carboxylic acids is 1. The third-order valence-electron chi connectivity index (χ3n) is 4.01. The first-order valence-corrected chi connectivity index (χ1v) is 7.18. The normalized spacial score (nSPS) is 19.4. The third-order valence-corrected chi connectivity index (χ3v) is 4.01. The number of carboxylic acid groups (broad SMARTS) is 1. The van der Waals surface area contributed by atoms with E-state index in [1.54, 1.807) is 0 Å². The van der Waals surface area contributed by atoms with Crippen LogP contribution in [0.4, 0.5) is 0 Å². The molecule has 1 aliphatic rings. The summed E-state index contributed by atoms with van der Waals surface area (Å²) in [6, 6.07) is 3.66. The van der Waals surface area contributed by atoms with Gasteiger partial charge in [0.1, 0.15) is 6.04 Å². The Morgan fingerprint density at radius 2 is 1.95 bits per heavy atom. The van der Waals surface area contributed by atoms with E-state index in [-0.39, 0.29) is 12.3 Å². The number of aryl methyl sites for hydroxylation is 3. The van der Waals surface area contributed by atoms with Gasteiger partial charge in [-0.25, -0.2) is 0 Å². The van der Waals surface area contributed by atoms with Crippen LogP contribution in [0.5, 0.6) is 0 Å². The number of hydrogen-bond acceptors (Lipinski definition) is 3. The molecule has 1 aromatic carbocycles. The molecule has 1 atom stereocenters. The van der Waals surface area contributed by atoms with Crippen molar-refractivity contribution in [2.45, 2.75) is 39.8 Å². The van der Waals surface area contributed by atoms with Crippen LogP contribution < -0.4 is 5.32 Å². The van der Waals surface area contributed by atoms with E-state index >= 15 is 0 Å². The zero-order valence-corrected chi connectivity index (χ0v) is 12.8. The summed E-state index contributed by atoms with van der Waals surface area (Å²) >= 11 is 0. The Hall–Kier alpha value is -1.88. The lowest BCUT2D eigenvalue weighted by atomic mass is 9.98. The molecule has 0 radical (unpaired) electrons. The number of hydrogen-bond donors (Lipinski definition) is 2. The van der Waals surface area contributed by atoms with Gasteiger partial charge in [-0.05, 0) is 37.5 Å². The Morgan fingerprint density at radius 1 is 1.33 bits per heavy atom. The molecule has 1 aromatic rings. The molecule has 1 heterocycles. The molecule has 1 unspecified atom stereocenters. The summed E-state index contributed by atoms with van der Waals surface area (Å²) < 4.78 is 0. The lowest BCUT2D eigenvalue weighted by Crippen LogP contribution is -2.55. The minimum Gasteiger partial charge on any atom is -0.481 e. The fraction of sp³-hybridized carbons (Fsp3) is 0.500. The number of benzene rings is 1. The van der Waals surface area contributed by atoms with Crippen LogP contribution in [-0.4, -0.2) is 41.0 Å². The maximum absolute atomic E-state index is 11.9. The quantitative estimate of drug-likeness (QED) is 0.879. The minimum absolute atomic E-state index is 0.157. The second-order valence-corrected chi connectivity index (χ2v) is 5.75. The molecule has 1 amide bonds. The number of aliphatic carboxylic acids is 1. The first kappa shape index (κ1) is 15.5. The molecule has 5 heteroatoms. The molecular formula is C16H22N2O3. The van der Waals surface area contributed by atoms with Crippen LogP contribution in [0, 0.1) is 20.8 Å². The Balaban J connectivity index is 2.24.